The van der Waals surface area contributed by atoms with Gasteiger partial charge in [0, 0.05) is 12.1 Å². The lowest BCUT2D eigenvalue weighted by Crippen LogP contribution is -2.27. The molecular weight excluding hydrogens is 402 g/mol. The first-order valence-corrected chi connectivity index (χ1v) is 10.7. The molecule has 4 N–H and O–H groups in total. The molecule has 0 aliphatic carbocycles. The van der Waals surface area contributed by atoms with Crippen molar-refractivity contribution in [2.75, 3.05) is 11.3 Å². The molecule has 0 aromatic heterocycles. The molecule has 3 aromatic carbocycles. The minimum Gasteiger partial charge on any atom is -0.366 e. The quantitative estimate of drug-likeness (QED) is 0.516. The van der Waals surface area contributed by atoms with Gasteiger partial charge < -0.3 is 11.1 Å². The Balaban J connectivity index is 1.72. The number of anilines is 1. The van der Waals surface area contributed by atoms with Crippen molar-refractivity contribution >= 4 is 27.5 Å². The predicted molar refractivity (Wildman–Crippen MR) is 115 cm³/mol. The Morgan fingerprint density at radius 1 is 0.833 bits per heavy atom. The third kappa shape index (κ3) is 5.24. The number of nitrogens with one attached hydrogen (secondary N) is 2. The van der Waals surface area contributed by atoms with E-state index in [4.69, 9.17) is 5.73 Å². The second kappa shape index (κ2) is 9.23. The minimum atomic E-state index is -3.96. The molecule has 0 aliphatic heterocycles. The summed E-state index contributed by atoms with van der Waals surface area (Å²) >= 11 is 0. The summed E-state index contributed by atoms with van der Waals surface area (Å²) in [4.78, 5) is 23.7. The van der Waals surface area contributed by atoms with Crippen LogP contribution in [0.3, 0.4) is 0 Å². The van der Waals surface area contributed by atoms with E-state index in [1.807, 2.05) is 30.3 Å². The van der Waals surface area contributed by atoms with Gasteiger partial charge in [-0.2, -0.15) is 0 Å². The molecule has 0 aliphatic rings. The molecule has 30 heavy (non-hydrogen) atoms. The van der Waals surface area contributed by atoms with Gasteiger partial charge in [-0.3, -0.25) is 14.3 Å². The number of para-hydroxylation sites is 1. The molecule has 3 rings (SSSR count). The maximum absolute atomic E-state index is 12.7. The Bertz CT molecular complexity index is 1140. The summed E-state index contributed by atoms with van der Waals surface area (Å²) in [7, 11) is -3.96. The van der Waals surface area contributed by atoms with Crippen LogP contribution in [0.4, 0.5) is 5.69 Å². The second-order valence-corrected chi connectivity index (χ2v) is 8.21. The molecular formula is C22H21N3O4S. The summed E-state index contributed by atoms with van der Waals surface area (Å²) < 4.78 is 27.8. The van der Waals surface area contributed by atoms with Crippen molar-refractivity contribution in [3.63, 3.8) is 0 Å². The molecule has 0 radical (unpaired) electrons. The Morgan fingerprint density at radius 3 is 2.13 bits per heavy atom. The third-order valence-corrected chi connectivity index (χ3v) is 5.79. The highest BCUT2D eigenvalue weighted by Crippen LogP contribution is 2.20. The molecule has 0 fully saturated rings. The summed E-state index contributed by atoms with van der Waals surface area (Å²) in [5.41, 5.74) is 6.84. The highest BCUT2D eigenvalue weighted by Gasteiger charge is 2.19. The van der Waals surface area contributed by atoms with Crippen LogP contribution in [0.1, 0.15) is 26.3 Å². The molecule has 0 atom stereocenters. The fourth-order valence-electron chi connectivity index (χ4n) is 2.83. The standard InChI is InChI=1S/C22H21N3O4S/c23-21(26)17-10-12-18(13-11-17)30(28,29)25-20-9-5-4-8-19(20)22(27)24-15-14-16-6-2-1-3-7-16/h1-13,25H,14-15H2,(H2,23,26)(H,24,27). The summed E-state index contributed by atoms with van der Waals surface area (Å²) in [6.45, 7) is 0.415. The van der Waals surface area contributed by atoms with Gasteiger partial charge in [0.2, 0.25) is 5.91 Å². The van der Waals surface area contributed by atoms with E-state index in [0.717, 1.165) is 5.56 Å². The van der Waals surface area contributed by atoms with E-state index in [9.17, 15) is 18.0 Å². The van der Waals surface area contributed by atoms with Crippen LogP contribution in [-0.4, -0.2) is 26.8 Å². The number of benzene rings is 3. The van der Waals surface area contributed by atoms with Crippen molar-refractivity contribution in [2.24, 2.45) is 5.73 Å². The monoisotopic (exact) mass is 423 g/mol. The van der Waals surface area contributed by atoms with Gasteiger partial charge in [0.1, 0.15) is 0 Å². The number of carbonyl (C=O) groups is 2. The summed E-state index contributed by atoms with van der Waals surface area (Å²) in [5.74, 6) is -1.03. The molecule has 0 saturated carbocycles. The lowest BCUT2D eigenvalue weighted by Gasteiger charge is -2.13. The highest BCUT2D eigenvalue weighted by atomic mass is 32.2. The Labute approximate surface area is 175 Å². The number of hydrogen-bond donors (Lipinski definition) is 3. The molecule has 8 heteroatoms. The Kier molecular flexibility index (Phi) is 6.48. The van der Waals surface area contributed by atoms with Crippen LogP contribution < -0.4 is 15.8 Å². The molecule has 154 valence electrons. The first-order chi connectivity index (χ1) is 14.4. The van der Waals surface area contributed by atoms with Crippen LogP contribution in [0, 0.1) is 0 Å². The van der Waals surface area contributed by atoms with E-state index in [1.165, 1.54) is 30.3 Å². The van der Waals surface area contributed by atoms with Gasteiger partial charge >= 0.3 is 0 Å². The average molecular weight is 423 g/mol. The van der Waals surface area contributed by atoms with E-state index in [0.29, 0.717) is 13.0 Å². The van der Waals surface area contributed by atoms with Crippen LogP contribution >= 0.6 is 0 Å². The molecule has 2 amide bonds. The van der Waals surface area contributed by atoms with E-state index >= 15 is 0 Å². The fraction of sp³-hybridized carbons (Fsp3) is 0.0909. The average Bonchev–Trinajstić information content (AvgIpc) is 2.74. The number of primary amides is 1. The van der Waals surface area contributed by atoms with Crippen molar-refractivity contribution in [2.45, 2.75) is 11.3 Å². The van der Waals surface area contributed by atoms with Gasteiger partial charge in [-0.1, -0.05) is 42.5 Å². The fourth-order valence-corrected chi connectivity index (χ4v) is 3.91. The van der Waals surface area contributed by atoms with Gasteiger partial charge in [-0.05, 0) is 48.4 Å². The Hall–Kier alpha value is -3.65. The molecule has 0 saturated heterocycles. The van der Waals surface area contributed by atoms with Crippen molar-refractivity contribution in [3.8, 4) is 0 Å². The van der Waals surface area contributed by atoms with Gasteiger partial charge in [0.15, 0.2) is 0 Å². The van der Waals surface area contributed by atoms with Crippen LogP contribution in [-0.2, 0) is 16.4 Å². The normalized spacial score (nSPS) is 10.9. The number of hydrogen-bond acceptors (Lipinski definition) is 4. The van der Waals surface area contributed by atoms with Crippen molar-refractivity contribution < 1.29 is 18.0 Å². The largest absolute Gasteiger partial charge is 0.366 e. The predicted octanol–water partition coefficient (Wildman–Crippen LogP) is 2.56. The zero-order valence-corrected chi connectivity index (χ0v) is 16.9. The van der Waals surface area contributed by atoms with Crippen LogP contribution in [0.2, 0.25) is 0 Å². The van der Waals surface area contributed by atoms with Crippen molar-refractivity contribution in [1.82, 2.24) is 5.32 Å². The third-order valence-electron chi connectivity index (χ3n) is 4.41. The zero-order chi connectivity index (χ0) is 21.6. The van der Waals surface area contributed by atoms with Crippen molar-refractivity contribution in [3.05, 3.63) is 95.6 Å². The van der Waals surface area contributed by atoms with Crippen LogP contribution in [0.5, 0.6) is 0 Å². The number of rotatable bonds is 8. The van der Waals surface area contributed by atoms with Gasteiger partial charge in [-0.25, -0.2) is 8.42 Å². The SMILES string of the molecule is NC(=O)c1ccc(S(=O)(=O)Nc2ccccc2C(=O)NCCc2ccccc2)cc1. The molecule has 0 bridgehead atoms. The van der Waals surface area contributed by atoms with E-state index in [-0.39, 0.29) is 27.6 Å². The molecule has 3 aromatic rings. The second-order valence-electron chi connectivity index (χ2n) is 6.53. The Morgan fingerprint density at radius 2 is 1.47 bits per heavy atom. The topological polar surface area (TPSA) is 118 Å². The zero-order valence-electron chi connectivity index (χ0n) is 16.0. The minimum absolute atomic E-state index is 0.0493. The van der Waals surface area contributed by atoms with E-state index in [1.54, 1.807) is 18.2 Å². The number of carbonyl (C=O) groups excluding carboxylic acids is 2. The van der Waals surface area contributed by atoms with E-state index in [2.05, 4.69) is 10.0 Å². The molecule has 0 unspecified atom stereocenters. The lowest BCUT2D eigenvalue weighted by molar-refractivity contribution is 0.0953. The smallest absolute Gasteiger partial charge is 0.261 e. The first kappa shape index (κ1) is 21.1. The first-order valence-electron chi connectivity index (χ1n) is 9.21. The maximum Gasteiger partial charge on any atom is 0.261 e. The molecule has 0 spiro atoms. The maximum atomic E-state index is 12.7. The summed E-state index contributed by atoms with van der Waals surface area (Å²) in [6, 6.07) is 21.3. The van der Waals surface area contributed by atoms with Crippen LogP contribution in [0.15, 0.2) is 83.8 Å². The molecule has 0 heterocycles. The van der Waals surface area contributed by atoms with Crippen LogP contribution in [0.25, 0.3) is 0 Å². The van der Waals surface area contributed by atoms with Gasteiger partial charge in [0.25, 0.3) is 15.9 Å². The lowest BCUT2D eigenvalue weighted by atomic mass is 10.1. The van der Waals surface area contributed by atoms with Gasteiger partial charge in [0.05, 0.1) is 16.1 Å². The summed E-state index contributed by atoms with van der Waals surface area (Å²) in [5, 5.41) is 2.81. The number of sulfonamides is 1. The molecule has 7 nitrogen and oxygen atoms in total. The van der Waals surface area contributed by atoms with E-state index < -0.39 is 15.9 Å². The van der Waals surface area contributed by atoms with Crippen molar-refractivity contribution in [1.29, 1.82) is 0 Å². The number of amides is 2. The summed E-state index contributed by atoms with van der Waals surface area (Å²) in [6.07, 6.45) is 0.659. The number of nitrogens with two attached hydrogens (primary N) is 1. The van der Waals surface area contributed by atoms with Gasteiger partial charge in [-0.15, -0.1) is 0 Å². The highest BCUT2D eigenvalue weighted by molar-refractivity contribution is 7.92.